The Morgan fingerprint density at radius 1 is 1.15 bits per heavy atom. The predicted octanol–water partition coefficient (Wildman–Crippen LogP) is 3.38. The molecule has 1 heterocycles. The highest BCUT2D eigenvalue weighted by molar-refractivity contribution is 5.91. The lowest BCUT2D eigenvalue weighted by Gasteiger charge is -2.34. The normalized spacial score (nSPS) is 20.6. The number of benzene rings is 2. The van der Waals surface area contributed by atoms with Crippen molar-refractivity contribution >= 4 is 5.91 Å². The van der Waals surface area contributed by atoms with Crippen LogP contribution in [-0.2, 0) is 16.8 Å². The van der Waals surface area contributed by atoms with Crippen molar-refractivity contribution in [3.05, 3.63) is 65.2 Å². The van der Waals surface area contributed by atoms with Crippen LogP contribution in [0.1, 0.15) is 29.5 Å². The SMILES string of the molecule is Cc1ccc(C2(C(=O)N3Cc4ccccc4OC[C@@H]3CN(C)C)CC2)cc1. The van der Waals surface area contributed by atoms with E-state index in [0.717, 1.165) is 36.3 Å². The summed E-state index contributed by atoms with van der Waals surface area (Å²) in [7, 11) is 4.10. The number of hydrogen-bond donors (Lipinski definition) is 0. The minimum atomic E-state index is -0.350. The van der Waals surface area contributed by atoms with Crippen molar-refractivity contribution in [1.29, 1.82) is 0 Å². The molecule has 1 aliphatic heterocycles. The number of fused-ring (bicyclic) bond motifs is 1. The molecule has 27 heavy (non-hydrogen) atoms. The molecule has 0 bridgehead atoms. The molecule has 0 unspecified atom stereocenters. The summed E-state index contributed by atoms with van der Waals surface area (Å²) in [6.07, 6.45) is 1.87. The predicted molar refractivity (Wildman–Crippen MR) is 107 cm³/mol. The van der Waals surface area contributed by atoms with E-state index < -0.39 is 0 Å². The average Bonchev–Trinajstić information content (AvgIpc) is 3.47. The van der Waals surface area contributed by atoms with Crippen molar-refractivity contribution in [2.24, 2.45) is 0 Å². The molecule has 2 aliphatic rings. The molecule has 4 rings (SSSR count). The number of carbonyl (C=O) groups is 1. The molecule has 0 N–H and O–H groups in total. The first-order valence-electron chi connectivity index (χ1n) is 9.73. The summed E-state index contributed by atoms with van der Waals surface area (Å²) < 4.78 is 6.08. The molecule has 2 aromatic rings. The molecule has 0 radical (unpaired) electrons. The highest BCUT2D eigenvalue weighted by Crippen LogP contribution is 2.50. The fourth-order valence-electron chi connectivity index (χ4n) is 4.07. The Bertz CT molecular complexity index is 825. The number of ether oxygens (including phenoxy) is 1. The van der Waals surface area contributed by atoms with E-state index in [1.165, 1.54) is 5.56 Å². The van der Waals surface area contributed by atoms with Gasteiger partial charge in [-0.1, -0.05) is 48.0 Å². The molecule has 1 fully saturated rings. The number of aryl methyl sites for hydroxylation is 1. The van der Waals surface area contributed by atoms with Crippen LogP contribution in [0.25, 0.3) is 0 Å². The summed E-state index contributed by atoms with van der Waals surface area (Å²) in [5.41, 5.74) is 3.12. The van der Waals surface area contributed by atoms with Crippen LogP contribution in [0.4, 0.5) is 0 Å². The third-order valence-electron chi connectivity index (χ3n) is 5.79. The minimum absolute atomic E-state index is 0.0443. The maximum Gasteiger partial charge on any atom is 0.233 e. The zero-order valence-electron chi connectivity index (χ0n) is 16.4. The van der Waals surface area contributed by atoms with Crippen LogP contribution in [0.2, 0.25) is 0 Å². The van der Waals surface area contributed by atoms with E-state index in [0.29, 0.717) is 13.2 Å². The number of nitrogens with zero attached hydrogens (tertiary/aromatic N) is 2. The van der Waals surface area contributed by atoms with Gasteiger partial charge in [0.25, 0.3) is 0 Å². The number of hydrogen-bond acceptors (Lipinski definition) is 3. The third-order valence-corrected chi connectivity index (χ3v) is 5.79. The van der Waals surface area contributed by atoms with E-state index in [4.69, 9.17) is 4.74 Å². The Morgan fingerprint density at radius 3 is 2.52 bits per heavy atom. The third kappa shape index (κ3) is 3.46. The Morgan fingerprint density at radius 2 is 1.85 bits per heavy atom. The molecule has 0 spiro atoms. The largest absolute Gasteiger partial charge is 0.491 e. The summed E-state index contributed by atoms with van der Waals surface area (Å²) >= 11 is 0. The van der Waals surface area contributed by atoms with Gasteiger partial charge in [-0.05, 0) is 45.5 Å². The van der Waals surface area contributed by atoms with Crippen LogP contribution in [0.15, 0.2) is 48.5 Å². The van der Waals surface area contributed by atoms with E-state index >= 15 is 0 Å². The van der Waals surface area contributed by atoms with Crippen LogP contribution >= 0.6 is 0 Å². The second-order valence-corrected chi connectivity index (χ2v) is 8.22. The van der Waals surface area contributed by atoms with Crippen molar-refractivity contribution in [1.82, 2.24) is 9.80 Å². The molecule has 0 saturated heterocycles. The van der Waals surface area contributed by atoms with Crippen molar-refractivity contribution in [3.8, 4) is 5.75 Å². The molecule has 142 valence electrons. The molecule has 2 aromatic carbocycles. The van der Waals surface area contributed by atoms with Gasteiger partial charge in [0.2, 0.25) is 5.91 Å². The van der Waals surface area contributed by atoms with Gasteiger partial charge in [-0.15, -0.1) is 0 Å². The standard InChI is InChI=1S/C23H28N2O2/c1-17-8-10-19(11-9-17)23(12-13-23)22(26)25-14-18-6-4-5-7-21(18)27-16-20(25)15-24(2)3/h4-11,20H,12-16H2,1-3H3/t20-/m0/s1. The van der Waals surface area contributed by atoms with Gasteiger partial charge in [-0.3, -0.25) is 4.79 Å². The summed E-state index contributed by atoms with van der Waals surface area (Å²) in [5.74, 6) is 1.15. The van der Waals surface area contributed by atoms with Crippen LogP contribution in [0, 0.1) is 6.92 Å². The van der Waals surface area contributed by atoms with Gasteiger partial charge in [0.05, 0.1) is 11.5 Å². The van der Waals surface area contributed by atoms with Crippen LogP contribution in [-0.4, -0.2) is 49.0 Å². The first-order chi connectivity index (χ1) is 13.0. The van der Waals surface area contributed by atoms with Gasteiger partial charge in [-0.25, -0.2) is 0 Å². The Hall–Kier alpha value is -2.33. The van der Waals surface area contributed by atoms with Crippen LogP contribution in [0.5, 0.6) is 5.75 Å². The summed E-state index contributed by atoms with van der Waals surface area (Å²) in [4.78, 5) is 18.0. The molecule has 1 atom stereocenters. The van der Waals surface area contributed by atoms with Gasteiger partial charge in [0.1, 0.15) is 12.4 Å². The number of para-hydroxylation sites is 1. The fourth-order valence-corrected chi connectivity index (χ4v) is 4.07. The van der Waals surface area contributed by atoms with E-state index in [9.17, 15) is 4.79 Å². The number of rotatable bonds is 4. The van der Waals surface area contributed by atoms with Crippen LogP contribution in [0.3, 0.4) is 0 Å². The van der Waals surface area contributed by atoms with E-state index in [2.05, 4.69) is 47.1 Å². The minimum Gasteiger partial charge on any atom is -0.491 e. The molecular formula is C23H28N2O2. The maximum atomic E-state index is 13.8. The summed E-state index contributed by atoms with van der Waals surface area (Å²) in [5, 5.41) is 0. The van der Waals surface area contributed by atoms with E-state index in [-0.39, 0.29) is 17.4 Å². The number of carbonyl (C=O) groups excluding carboxylic acids is 1. The first kappa shape index (κ1) is 18.1. The number of likely N-dealkylation sites (N-methyl/N-ethyl adjacent to an activating group) is 1. The molecule has 1 aliphatic carbocycles. The Labute approximate surface area is 161 Å². The van der Waals surface area contributed by atoms with E-state index in [1.807, 2.05) is 32.3 Å². The van der Waals surface area contributed by atoms with Gasteiger partial charge in [0.15, 0.2) is 0 Å². The molecule has 0 aromatic heterocycles. The zero-order chi connectivity index (χ0) is 19.0. The smallest absolute Gasteiger partial charge is 0.233 e. The Kier molecular flexibility index (Phi) is 4.68. The number of amides is 1. The molecule has 1 saturated carbocycles. The molecule has 4 heteroatoms. The van der Waals surface area contributed by atoms with Gasteiger partial charge < -0.3 is 14.5 Å². The first-order valence-corrected chi connectivity index (χ1v) is 9.73. The summed E-state index contributed by atoms with van der Waals surface area (Å²) in [6, 6.07) is 16.6. The quantitative estimate of drug-likeness (QED) is 0.834. The monoisotopic (exact) mass is 364 g/mol. The maximum absolute atomic E-state index is 13.8. The second kappa shape index (κ2) is 7.01. The topological polar surface area (TPSA) is 32.8 Å². The lowest BCUT2D eigenvalue weighted by molar-refractivity contribution is -0.137. The van der Waals surface area contributed by atoms with Gasteiger partial charge in [-0.2, -0.15) is 0 Å². The highest BCUT2D eigenvalue weighted by atomic mass is 16.5. The van der Waals surface area contributed by atoms with Crippen molar-refractivity contribution in [2.45, 2.75) is 37.8 Å². The van der Waals surface area contributed by atoms with Gasteiger partial charge in [0, 0.05) is 18.7 Å². The highest BCUT2D eigenvalue weighted by Gasteiger charge is 2.54. The lowest BCUT2D eigenvalue weighted by Crippen LogP contribution is -2.50. The average molecular weight is 364 g/mol. The van der Waals surface area contributed by atoms with Gasteiger partial charge >= 0.3 is 0 Å². The molecule has 4 nitrogen and oxygen atoms in total. The molecule has 1 amide bonds. The fraction of sp³-hybridized carbons (Fsp3) is 0.435. The van der Waals surface area contributed by atoms with Crippen LogP contribution < -0.4 is 4.74 Å². The van der Waals surface area contributed by atoms with Crippen molar-refractivity contribution in [2.75, 3.05) is 27.2 Å². The lowest BCUT2D eigenvalue weighted by atomic mass is 9.92. The zero-order valence-corrected chi connectivity index (χ0v) is 16.4. The Balaban J connectivity index is 1.67. The van der Waals surface area contributed by atoms with E-state index in [1.54, 1.807) is 0 Å². The molecular weight excluding hydrogens is 336 g/mol. The van der Waals surface area contributed by atoms with Crippen molar-refractivity contribution < 1.29 is 9.53 Å². The second-order valence-electron chi connectivity index (χ2n) is 8.22. The van der Waals surface area contributed by atoms with Crippen molar-refractivity contribution in [3.63, 3.8) is 0 Å². The summed E-state index contributed by atoms with van der Waals surface area (Å²) in [6.45, 7) is 4.02.